The largest absolute Gasteiger partial charge is 0.468 e. The summed E-state index contributed by atoms with van der Waals surface area (Å²) in [6.45, 7) is 0.790. The highest BCUT2D eigenvalue weighted by atomic mass is 35.5. The SMILES string of the molecule is COC(=O)C(N)CC1CCCO1.Cl. The van der Waals surface area contributed by atoms with Gasteiger partial charge in [-0.05, 0) is 19.3 Å². The molecular weight excluding hydrogens is 194 g/mol. The molecule has 1 rings (SSSR count). The number of nitrogens with two attached hydrogens (primary N) is 1. The van der Waals surface area contributed by atoms with E-state index >= 15 is 0 Å². The summed E-state index contributed by atoms with van der Waals surface area (Å²) in [6, 6.07) is -0.530. The molecule has 0 aromatic heterocycles. The smallest absolute Gasteiger partial charge is 0.322 e. The van der Waals surface area contributed by atoms with Crippen molar-refractivity contribution in [3.8, 4) is 0 Å². The number of halogens is 1. The number of methoxy groups -OCH3 is 1. The lowest BCUT2D eigenvalue weighted by atomic mass is 10.1. The Balaban J connectivity index is 0.00000144. The monoisotopic (exact) mass is 209 g/mol. The Morgan fingerprint density at radius 1 is 1.77 bits per heavy atom. The van der Waals surface area contributed by atoms with Crippen LogP contribution < -0.4 is 5.73 Å². The van der Waals surface area contributed by atoms with E-state index < -0.39 is 6.04 Å². The van der Waals surface area contributed by atoms with E-state index in [2.05, 4.69) is 4.74 Å². The van der Waals surface area contributed by atoms with Gasteiger partial charge in [-0.2, -0.15) is 0 Å². The first kappa shape index (κ1) is 12.7. The molecule has 0 spiro atoms. The van der Waals surface area contributed by atoms with E-state index in [1.165, 1.54) is 7.11 Å². The summed E-state index contributed by atoms with van der Waals surface area (Å²) in [5.74, 6) is -0.356. The van der Waals surface area contributed by atoms with Gasteiger partial charge in [-0.1, -0.05) is 0 Å². The third kappa shape index (κ3) is 3.93. The fraction of sp³-hybridized carbons (Fsp3) is 0.875. The maximum Gasteiger partial charge on any atom is 0.322 e. The van der Waals surface area contributed by atoms with Crippen LogP contribution in [0.15, 0.2) is 0 Å². The Morgan fingerprint density at radius 2 is 2.46 bits per heavy atom. The van der Waals surface area contributed by atoms with Gasteiger partial charge >= 0.3 is 5.97 Å². The molecule has 0 aromatic rings. The summed E-state index contributed by atoms with van der Waals surface area (Å²) in [7, 11) is 1.34. The Morgan fingerprint density at radius 3 is 2.92 bits per heavy atom. The van der Waals surface area contributed by atoms with E-state index in [0.717, 1.165) is 19.4 Å². The van der Waals surface area contributed by atoms with Crippen LogP contribution in [-0.4, -0.2) is 31.8 Å². The molecule has 2 unspecified atom stereocenters. The number of rotatable bonds is 3. The number of hydrogen-bond acceptors (Lipinski definition) is 4. The highest BCUT2D eigenvalue weighted by Gasteiger charge is 2.22. The molecule has 2 N–H and O–H groups in total. The molecule has 2 atom stereocenters. The fourth-order valence-corrected chi connectivity index (χ4v) is 1.36. The van der Waals surface area contributed by atoms with E-state index in [1.807, 2.05) is 0 Å². The van der Waals surface area contributed by atoms with Gasteiger partial charge in [0.05, 0.1) is 13.2 Å². The van der Waals surface area contributed by atoms with Crippen molar-refractivity contribution in [1.82, 2.24) is 0 Å². The number of carbonyl (C=O) groups is 1. The lowest BCUT2D eigenvalue weighted by Gasteiger charge is -2.13. The summed E-state index contributed by atoms with van der Waals surface area (Å²) >= 11 is 0. The second-order valence-corrected chi connectivity index (χ2v) is 3.00. The molecule has 0 amide bonds. The van der Waals surface area contributed by atoms with Crippen molar-refractivity contribution >= 4 is 18.4 Å². The Kier molecular flexibility index (Phi) is 6.03. The molecule has 1 aliphatic rings. The van der Waals surface area contributed by atoms with Crippen molar-refractivity contribution in [3.63, 3.8) is 0 Å². The Hall–Kier alpha value is -0.320. The van der Waals surface area contributed by atoms with E-state index in [-0.39, 0.29) is 24.5 Å². The quantitative estimate of drug-likeness (QED) is 0.687. The molecule has 1 saturated heterocycles. The molecule has 4 nitrogen and oxygen atoms in total. The molecule has 0 aromatic carbocycles. The minimum atomic E-state index is -0.530. The average molecular weight is 210 g/mol. The van der Waals surface area contributed by atoms with Crippen molar-refractivity contribution in [1.29, 1.82) is 0 Å². The van der Waals surface area contributed by atoms with Crippen LogP contribution in [-0.2, 0) is 14.3 Å². The maximum absolute atomic E-state index is 10.9. The van der Waals surface area contributed by atoms with Gasteiger partial charge in [0.2, 0.25) is 0 Å². The molecule has 1 heterocycles. The van der Waals surface area contributed by atoms with E-state index in [9.17, 15) is 4.79 Å². The zero-order valence-corrected chi connectivity index (χ0v) is 8.51. The molecule has 0 saturated carbocycles. The maximum atomic E-state index is 10.9. The Labute approximate surface area is 84.2 Å². The molecular formula is C8H16ClNO3. The van der Waals surface area contributed by atoms with Gasteiger partial charge in [0.1, 0.15) is 6.04 Å². The summed E-state index contributed by atoms with van der Waals surface area (Å²) in [6.07, 6.45) is 2.80. The fourth-order valence-electron chi connectivity index (χ4n) is 1.36. The van der Waals surface area contributed by atoms with Gasteiger partial charge in [0, 0.05) is 6.61 Å². The second-order valence-electron chi connectivity index (χ2n) is 3.00. The van der Waals surface area contributed by atoms with Gasteiger partial charge in [-0.25, -0.2) is 0 Å². The van der Waals surface area contributed by atoms with Crippen LogP contribution in [0.1, 0.15) is 19.3 Å². The topological polar surface area (TPSA) is 61.5 Å². The number of ether oxygens (including phenoxy) is 2. The highest BCUT2D eigenvalue weighted by Crippen LogP contribution is 2.16. The van der Waals surface area contributed by atoms with Crippen molar-refractivity contribution < 1.29 is 14.3 Å². The molecule has 0 bridgehead atoms. The summed E-state index contributed by atoms with van der Waals surface area (Å²) < 4.78 is 9.83. The predicted molar refractivity (Wildman–Crippen MR) is 50.8 cm³/mol. The lowest BCUT2D eigenvalue weighted by molar-refractivity contribution is -0.143. The second kappa shape index (κ2) is 6.18. The average Bonchev–Trinajstić information content (AvgIpc) is 2.55. The summed E-state index contributed by atoms with van der Waals surface area (Å²) in [4.78, 5) is 10.9. The highest BCUT2D eigenvalue weighted by molar-refractivity contribution is 5.85. The van der Waals surface area contributed by atoms with Crippen molar-refractivity contribution in [2.45, 2.75) is 31.4 Å². The van der Waals surface area contributed by atoms with E-state index in [4.69, 9.17) is 10.5 Å². The predicted octanol–water partition coefficient (Wildman–Crippen LogP) is 0.478. The summed E-state index contributed by atoms with van der Waals surface area (Å²) in [5, 5.41) is 0. The van der Waals surface area contributed by atoms with Gasteiger partial charge in [-0.3, -0.25) is 4.79 Å². The number of carbonyl (C=O) groups excluding carboxylic acids is 1. The normalized spacial score (nSPS) is 23.4. The van der Waals surface area contributed by atoms with Crippen LogP contribution in [0.2, 0.25) is 0 Å². The zero-order chi connectivity index (χ0) is 8.97. The molecule has 0 aliphatic carbocycles. The third-order valence-corrected chi connectivity index (χ3v) is 2.04. The van der Waals surface area contributed by atoms with Crippen LogP contribution in [0.4, 0.5) is 0 Å². The van der Waals surface area contributed by atoms with Crippen LogP contribution in [0, 0.1) is 0 Å². The van der Waals surface area contributed by atoms with Gasteiger partial charge in [-0.15, -0.1) is 12.4 Å². The minimum absolute atomic E-state index is 0. The van der Waals surface area contributed by atoms with E-state index in [1.54, 1.807) is 0 Å². The minimum Gasteiger partial charge on any atom is -0.468 e. The first-order valence-corrected chi connectivity index (χ1v) is 4.19. The molecule has 1 fully saturated rings. The molecule has 78 valence electrons. The van der Waals surface area contributed by atoms with Crippen molar-refractivity contribution in [2.75, 3.05) is 13.7 Å². The first-order valence-electron chi connectivity index (χ1n) is 4.19. The van der Waals surface area contributed by atoms with E-state index in [0.29, 0.717) is 6.42 Å². The Bertz CT molecular complexity index is 159. The van der Waals surface area contributed by atoms with Gasteiger partial charge in [0.25, 0.3) is 0 Å². The summed E-state index contributed by atoms with van der Waals surface area (Å²) in [5.41, 5.74) is 5.55. The van der Waals surface area contributed by atoms with Crippen molar-refractivity contribution in [3.05, 3.63) is 0 Å². The standard InChI is InChI=1S/C8H15NO3.ClH/c1-11-8(10)7(9)5-6-3-2-4-12-6;/h6-7H,2-5,9H2,1H3;1H. The van der Waals surface area contributed by atoms with Gasteiger partial charge in [0.15, 0.2) is 0 Å². The number of esters is 1. The molecule has 0 radical (unpaired) electrons. The van der Waals surface area contributed by atoms with Crippen LogP contribution in [0.3, 0.4) is 0 Å². The zero-order valence-electron chi connectivity index (χ0n) is 7.69. The first-order chi connectivity index (χ1) is 5.74. The van der Waals surface area contributed by atoms with Gasteiger partial charge < -0.3 is 15.2 Å². The third-order valence-electron chi connectivity index (χ3n) is 2.04. The lowest BCUT2D eigenvalue weighted by Crippen LogP contribution is -2.34. The molecule has 1 aliphatic heterocycles. The molecule has 5 heteroatoms. The van der Waals surface area contributed by atoms with Crippen LogP contribution in [0.5, 0.6) is 0 Å². The van der Waals surface area contributed by atoms with Crippen LogP contribution >= 0.6 is 12.4 Å². The molecule has 13 heavy (non-hydrogen) atoms. The van der Waals surface area contributed by atoms with Crippen LogP contribution in [0.25, 0.3) is 0 Å². The number of hydrogen-bond donors (Lipinski definition) is 1. The van der Waals surface area contributed by atoms with Crippen molar-refractivity contribution in [2.24, 2.45) is 5.73 Å².